The van der Waals surface area contributed by atoms with Crippen molar-refractivity contribution in [2.45, 2.75) is 6.42 Å². The Labute approximate surface area is 87.0 Å². The van der Waals surface area contributed by atoms with Gasteiger partial charge in [-0.1, -0.05) is 23.8 Å². The van der Waals surface area contributed by atoms with Crippen molar-refractivity contribution in [3.63, 3.8) is 0 Å². The van der Waals surface area contributed by atoms with Crippen LogP contribution in [0.4, 0.5) is 0 Å². The van der Waals surface area contributed by atoms with Crippen LogP contribution >= 0.6 is 24.2 Å². The first-order chi connectivity index (χ1) is 6.24. The van der Waals surface area contributed by atoms with Crippen LogP contribution in [0.25, 0.3) is 6.08 Å². The van der Waals surface area contributed by atoms with E-state index in [0.717, 1.165) is 17.7 Å². The van der Waals surface area contributed by atoms with Crippen LogP contribution in [-0.2, 0) is 0 Å². The van der Waals surface area contributed by atoms with Crippen LogP contribution in [-0.4, -0.2) is 10.7 Å². The Morgan fingerprint density at radius 2 is 2.38 bits per heavy atom. The van der Waals surface area contributed by atoms with Crippen molar-refractivity contribution < 1.29 is 0 Å². The van der Waals surface area contributed by atoms with Crippen molar-refractivity contribution >= 4 is 30.3 Å². The average molecular weight is 216 g/mol. The summed E-state index contributed by atoms with van der Waals surface area (Å²) in [6, 6.07) is 1.63. The van der Waals surface area contributed by atoms with E-state index >= 15 is 0 Å². The first kappa shape index (κ1) is 10.4. The molecule has 0 amide bonds. The maximum atomic E-state index is 10.9. The second kappa shape index (κ2) is 5.14. The summed E-state index contributed by atoms with van der Waals surface area (Å²) in [4.78, 5) is 13.4. The molecule has 1 heterocycles. The minimum absolute atomic E-state index is 0.216. The molecule has 0 atom stereocenters. The lowest BCUT2D eigenvalue weighted by molar-refractivity contribution is 1.22. The second-order valence-electron chi connectivity index (χ2n) is 2.52. The van der Waals surface area contributed by atoms with Crippen molar-refractivity contribution in [3.8, 4) is 0 Å². The summed E-state index contributed by atoms with van der Waals surface area (Å²) in [5, 5.41) is 0.216. The Bertz CT molecular complexity index is 359. The largest absolute Gasteiger partial charge is 0.327 e. The second-order valence-corrected chi connectivity index (χ2v) is 3.38. The van der Waals surface area contributed by atoms with Crippen LogP contribution in [0, 0.1) is 0 Å². The number of pyridine rings is 1. The minimum atomic E-state index is -0.256. The summed E-state index contributed by atoms with van der Waals surface area (Å²) in [7, 11) is 0. The summed E-state index contributed by atoms with van der Waals surface area (Å²) < 4.78 is 0. The van der Waals surface area contributed by atoms with Gasteiger partial charge in [-0.15, -0.1) is 0 Å². The van der Waals surface area contributed by atoms with Crippen LogP contribution in [0.2, 0.25) is 5.02 Å². The summed E-state index contributed by atoms with van der Waals surface area (Å²) in [5.41, 5.74) is 0.638. The van der Waals surface area contributed by atoms with Crippen molar-refractivity contribution in [1.29, 1.82) is 0 Å². The van der Waals surface area contributed by atoms with Gasteiger partial charge >= 0.3 is 0 Å². The summed E-state index contributed by atoms with van der Waals surface area (Å²) in [6.07, 6.45) is 6.41. The number of allylic oxidation sites excluding steroid dienone is 1. The normalized spacial score (nSPS) is 10.9. The number of H-pyrrole nitrogens is 1. The van der Waals surface area contributed by atoms with E-state index in [9.17, 15) is 4.79 Å². The van der Waals surface area contributed by atoms with E-state index < -0.39 is 0 Å². The van der Waals surface area contributed by atoms with E-state index in [4.69, 9.17) is 11.6 Å². The molecule has 0 aliphatic carbocycles. The quantitative estimate of drug-likeness (QED) is 0.746. The standard InChI is InChI=1S/C9H10ClNOS/c10-8-5-7(3-1-2-4-13)6-11-9(8)12/h1,3,5-6,13H,2,4H2,(H,11,12). The van der Waals surface area contributed by atoms with Crippen molar-refractivity contribution in [1.82, 2.24) is 4.98 Å². The van der Waals surface area contributed by atoms with E-state index in [2.05, 4.69) is 17.6 Å². The summed E-state index contributed by atoms with van der Waals surface area (Å²) in [5.74, 6) is 0.813. The number of aromatic nitrogens is 1. The molecule has 0 saturated carbocycles. The molecule has 0 spiro atoms. The van der Waals surface area contributed by atoms with Crippen LogP contribution < -0.4 is 5.56 Å². The number of halogens is 1. The average Bonchev–Trinajstić information content (AvgIpc) is 2.12. The molecule has 0 bridgehead atoms. The zero-order valence-corrected chi connectivity index (χ0v) is 8.61. The SMILES string of the molecule is O=c1[nH]cc(C=CCCS)cc1Cl. The molecule has 1 rings (SSSR count). The van der Waals surface area contributed by atoms with Gasteiger partial charge in [0, 0.05) is 6.20 Å². The fraction of sp³-hybridized carbons (Fsp3) is 0.222. The molecule has 70 valence electrons. The van der Waals surface area contributed by atoms with Gasteiger partial charge in [0.05, 0.1) is 0 Å². The minimum Gasteiger partial charge on any atom is -0.327 e. The number of thiol groups is 1. The highest BCUT2D eigenvalue weighted by Crippen LogP contribution is 2.06. The topological polar surface area (TPSA) is 32.9 Å². The third-order valence-corrected chi connectivity index (χ3v) is 2.03. The van der Waals surface area contributed by atoms with Gasteiger partial charge in [0.2, 0.25) is 0 Å². The lowest BCUT2D eigenvalue weighted by atomic mass is 10.2. The van der Waals surface area contributed by atoms with Crippen molar-refractivity contribution in [2.24, 2.45) is 0 Å². The zero-order chi connectivity index (χ0) is 9.68. The molecule has 1 aromatic rings. The van der Waals surface area contributed by atoms with Crippen LogP contribution in [0.3, 0.4) is 0 Å². The van der Waals surface area contributed by atoms with Crippen molar-refractivity contribution in [2.75, 3.05) is 5.75 Å². The highest BCUT2D eigenvalue weighted by Gasteiger charge is 1.94. The third kappa shape index (κ3) is 3.28. The Morgan fingerprint density at radius 1 is 1.62 bits per heavy atom. The van der Waals surface area contributed by atoms with E-state index in [0.29, 0.717) is 0 Å². The molecule has 0 saturated heterocycles. The third-order valence-electron chi connectivity index (χ3n) is 1.49. The molecule has 0 fully saturated rings. The maximum absolute atomic E-state index is 10.9. The lowest BCUT2D eigenvalue weighted by Gasteiger charge is -1.93. The summed E-state index contributed by atoms with van der Waals surface area (Å²) >= 11 is 9.70. The first-order valence-electron chi connectivity index (χ1n) is 3.89. The number of nitrogens with one attached hydrogen (secondary N) is 1. The Hall–Kier alpha value is -0.670. The van der Waals surface area contributed by atoms with Crippen LogP contribution in [0.5, 0.6) is 0 Å². The molecule has 2 nitrogen and oxygen atoms in total. The predicted molar refractivity (Wildman–Crippen MR) is 59.6 cm³/mol. The summed E-state index contributed by atoms with van der Waals surface area (Å²) in [6.45, 7) is 0. The maximum Gasteiger partial charge on any atom is 0.266 e. The number of aromatic amines is 1. The molecule has 13 heavy (non-hydrogen) atoms. The molecule has 1 aromatic heterocycles. The number of hydrogen-bond acceptors (Lipinski definition) is 2. The molecule has 0 aliphatic rings. The van der Waals surface area contributed by atoms with Gasteiger partial charge in [-0.2, -0.15) is 12.6 Å². The fourth-order valence-corrected chi connectivity index (χ4v) is 1.19. The Kier molecular flexibility index (Phi) is 4.12. The zero-order valence-electron chi connectivity index (χ0n) is 6.96. The van der Waals surface area contributed by atoms with Gasteiger partial charge in [-0.3, -0.25) is 4.79 Å². The molecule has 0 aromatic carbocycles. The first-order valence-corrected chi connectivity index (χ1v) is 4.90. The number of rotatable bonds is 3. The smallest absolute Gasteiger partial charge is 0.266 e. The van der Waals surface area contributed by atoms with Gasteiger partial charge in [-0.05, 0) is 23.8 Å². The lowest BCUT2D eigenvalue weighted by Crippen LogP contribution is -2.04. The molecule has 0 aliphatic heterocycles. The highest BCUT2D eigenvalue weighted by molar-refractivity contribution is 7.80. The molecule has 0 unspecified atom stereocenters. The molecular weight excluding hydrogens is 206 g/mol. The molecule has 1 N–H and O–H groups in total. The predicted octanol–water partition coefficient (Wildman–Crippen LogP) is 2.36. The van der Waals surface area contributed by atoms with Crippen molar-refractivity contribution in [3.05, 3.63) is 39.3 Å². The van der Waals surface area contributed by atoms with Crippen LogP contribution in [0.15, 0.2) is 23.1 Å². The van der Waals surface area contributed by atoms with Gasteiger partial charge in [0.1, 0.15) is 5.02 Å². The van der Waals surface area contributed by atoms with E-state index in [1.165, 1.54) is 0 Å². The highest BCUT2D eigenvalue weighted by atomic mass is 35.5. The van der Waals surface area contributed by atoms with Gasteiger partial charge in [-0.25, -0.2) is 0 Å². The van der Waals surface area contributed by atoms with E-state index in [1.807, 2.05) is 12.2 Å². The molecule has 0 radical (unpaired) electrons. The Morgan fingerprint density at radius 3 is 3.00 bits per heavy atom. The van der Waals surface area contributed by atoms with E-state index in [1.54, 1.807) is 12.3 Å². The number of hydrogen-bond donors (Lipinski definition) is 2. The van der Waals surface area contributed by atoms with Gasteiger partial charge in [0.15, 0.2) is 0 Å². The molecule has 4 heteroatoms. The monoisotopic (exact) mass is 215 g/mol. The molecular formula is C9H10ClNOS. The Balaban J connectivity index is 2.79. The van der Waals surface area contributed by atoms with E-state index in [-0.39, 0.29) is 10.6 Å². The van der Waals surface area contributed by atoms with Gasteiger partial charge < -0.3 is 4.98 Å². The fourth-order valence-electron chi connectivity index (χ4n) is 0.862. The van der Waals surface area contributed by atoms with Gasteiger partial charge in [0.25, 0.3) is 5.56 Å². The van der Waals surface area contributed by atoms with Crippen LogP contribution in [0.1, 0.15) is 12.0 Å².